The first-order valence-electron chi connectivity index (χ1n) is 9.06. The fraction of sp³-hybridized carbons (Fsp3) is 0.0435. The number of nitrogens with two attached hydrogens (primary N) is 1. The molecule has 140 valence electrons. The number of rotatable bonds is 2. The number of hydrogen-bond acceptors (Lipinski definition) is 4. The number of halogens is 1. The van der Waals surface area contributed by atoms with Crippen molar-refractivity contribution in [3.63, 3.8) is 0 Å². The zero-order valence-electron chi connectivity index (χ0n) is 15.2. The Hall–Kier alpha value is -3.56. The summed E-state index contributed by atoms with van der Waals surface area (Å²) in [5.74, 6) is 0.109. The lowest BCUT2D eigenvalue weighted by atomic mass is 9.83. The van der Waals surface area contributed by atoms with Gasteiger partial charge in [-0.05, 0) is 34.5 Å². The zero-order chi connectivity index (χ0) is 20.0. The molecular weight excluding hydrogens is 428 g/mol. The maximum Gasteiger partial charge on any atom is 0.244 e. The van der Waals surface area contributed by atoms with E-state index in [0.717, 1.165) is 37.6 Å². The molecule has 0 saturated heterocycles. The molecule has 4 aromatic rings. The predicted octanol–water partition coefficient (Wildman–Crippen LogP) is 5.21. The van der Waals surface area contributed by atoms with Gasteiger partial charge in [0, 0.05) is 10.0 Å². The van der Waals surface area contributed by atoms with Crippen molar-refractivity contribution in [3.05, 3.63) is 93.8 Å². The largest absolute Gasteiger partial charge is 0.420 e. The molecular formula is C23H15BrN4O. The second kappa shape index (κ2) is 6.80. The molecule has 0 saturated carbocycles. The summed E-state index contributed by atoms with van der Waals surface area (Å²) in [7, 11) is 0. The number of ether oxygens (including phenoxy) is 1. The molecule has 1 aliphatic rings. The molecule has 6 heteroatoms. The molecule has 1 atom stereocenters. The summed E-state index contributed by atoms with van der Waals surface area (Å²) in [6.45, 7) is 0. The van der Waals surface area contributed by atoms with Crippen LogP contribution in [0.5, 0.6) is 5.88 Å². The van der Waals surface area contributed by atoms with Crippen molar-refractivity contribution in [1.29, 1.82) is 5.26 Å². The maximum atomic E-state index is 9.82. The second-order valence-electron chi connectivity index (χ2n) is 6.86. The van der Waals surface area contributed by atoms with Gasteiger partial charge in [-0.3, -0.25) is 5.10 Å². The summed E-state index contributed by atoms with van der Waals surface area (Å²) in [5, 5.41) is 19.5. The average molecular weight is 443 g/mol. The lowest BCUT2D eigenvalue weighted by Gasteiger charge is -2.24. The Morgan fingerprint density at radius 1 is 1.03 bits per heavy atom. The fourth-order valence-electron chi connectivity index (χ4n) is 3.83. The van der Waals surface area contributed by atoms with Crippen LogP contribution in [0.25, 0.3) is 22.0 Å². The highest BCUT2D eigenvalue weighted by molar-refractivity contribution is 9.10. The van der Waals surface area contributed by atoms with Crippen LogP contribution in [0.1, 0.15) is 17.0 Å². The molecule has 0 fully saturated rings. The maximum absolute atomic E-state index is 9.82. The quantitative estimate of drug-likeness (QED) is 0.445. The van der Waals surface area contributed by atoms with Crippen LogP contribution in [0.4, 0.5) is 0 Å². The molecule has 0 spiro atoms. The van der Waals surface area contributed by atoms with Crippen molar-refractivity contribution in [3.8, 4) is 23.2 Å². The number of nitrogens with zero attached hydrogens (tertiary/aromatic N) is 2. The number of hydrogen-bond donors (Lipinski definition) is 2. The molecule has 0 bridgehead atoms. The van der Waals surface area contributed by atoms with E-state index in [0.29, 0.717) is 11.5 Å². The van der Waals surface area contributed by atoms with Crippen LogP contribution in [0.3, 0.4) is 0 Å². The topological polar surface area (TPSA) is 87.7 Å². The fourth-order valence-corrected chi connectivity index (χ4v) is 4.25. The Morgan fingerprint density at radius 3 is 2.66 bits per heavy atom. The van der Waals surface area contributed by atoms with Crippen LogP contribution in [0.15, 0.2) is 82.7 Å². The van der Waals surface area contributed by atoms with Gasteiger partial charge in [-0.2, -0.15) is 5.26 Å². The van der Waals surface area contributed by atoms with Crippen molar-refractivity contribution in [2.45, 2.75) is 5.92 Å². The molecule has 3 N–H and O–H groups in total. The number of nitrogens with one attached hydrogen (secondary N) is 1. The molecule has 5 nitrogen and oxygen atoms in total. The van der Waals surface area contributed by atoms with Gasteiger partial charge in [0.05, 0.1) is 17.2 Å². The Kier molecular flexibility index (Phi) is 4.11. The van der Waals surface area contributed by atoms with Crippen LogP contribution in [-0.2, 0) is 0 Å². The molecule has 5 rings (SSSR count). The molecule has 0 amide bonds. The summed E-state index contributed by atoms with van der Waals surface area (Å²) >= 11 is 3.52. The van der Waals surface area contributed by atoms with Gasteiger partial charge in [-0.1, -0.05) is 64.5 Å². The van der Waals surface area contributed by atoms with Gasteiger partial charge in [0.1, 0.15) is 11.6 Å². The molecule has 29 heavy (non-hydrogen) atoms. The first-order valence-corrected chi connectivity index (χ1v) is 9.85. The van der Waals surface area contributed by atoms with Crippen LogP contribution in [-0.4, -0.2) is 10.2 Å². The minimum Gasteiger partial charge on any atom is -0.420 e. The molecule has 3 aromatic carbocycles. The van der Waals surface area contributed by atoms with Gasteiger partial charge in [0.25, 0.3) is 0 Å². The first-order chi connectivity index (χ1) is 14.2. The van der Waals surface area contributed by atoms with Crippen molar-refractivity contribution in [2.24, 2.45) is 5.73 Å². The van der Waals surface area contributed by atoms with E-state index in [1.165, 1.54) is 0 Å². The highest BCUT2D eigenvalue weighted by atomic mass is 79.9. The van der Waals surface area contributed by atoms with Gasteiger partial charge in [-0.15, -0.1) is 5.10 Å². The van der Waals surface area contributed by atoms with Gasteiger partial charge >= 0.3 is 0 Å². The van der Waals surface area contributed by atoms with E-state index in [1.807, 2.05) is 42.5 Å². The molecule has 0 unspecified atom stereocenters. The number of benzene rings is 3. The first kappa shape index (κ1) is 17.5. The smallest absolute Gasteiger partial charge is 0.244 e. The summed E-state index contributed by atoms with van der Waals surface area (Å²) in [5.41, 5.74) is 9.97. The Morgan fingerprint density at radius 2 is 1.86 bits per heavy atom. The van der Waals surface area contributed by atoms with E-state index < -0.39 is 0 Å². The SMILES string of the molecule is N#CC1=C(N)Oc2n[nH]c(-c3ccc4ccccc4c3)c2[C@H]1c1cccc(Br)c1. The highest BCUT2D eigenvalue weighted by Crippen LogP contribution is 2.46. The molecule has 0 radical (unpaired) electrons. The summed E-state index contributed by atoms with van der Waals surface area (Å²) in [6, 6.07) is 24.5. The van der Waals surface area contributed by atoms with E-state index in [1.54, 1.807) is 0 Å². The summed E-state index contributed by atoms with van der Waals surface area (Å²) in [6.07, 6.45) is 0. The molecule has 1 aromatic heterocycles. The van der Waals surface area contributed by atoms with E-state index in [2.05, 4.69) is 56.5 Å². The zero-order valence-corrected chi connectivity index (χ0v) is 16.8. The average Bonchev–Trinajstić information content (AvgIpc) is 3.15. The van der Waals surface area contributed by atoms with Crippen LogP contribution >= 0.6 is 15.9 Å². The number of allylic oxidation sites excluding steroid dienone is 1. The summed E-state index contributed by atoms with van der Waals surface area (Å²) in [4.78, 5) is 0. The van der Waals surface area contributed by atoms with Crippen molar-refractivity contribution in [2.75, 3.05) is 0 Å². The van der Waals surface area contributed by atoms with Crippen LogP contribution in [0.2, 0.25) is 0 Å². The second-order valence-corrected chi connectivity index (χ2v) is 7.77. The van der Waals surface area contributed by atoms with E-state index in [4.69, 9.17) is 10.5 Å². The monoisotopic (exact) mass is 442 g/mol. The highest BCUT2D eigenvalue weighted by Gasteiger charge is 2.35. The number of nitriles is 1. The molecule has 1 aliphatic heterocycles. The van der Waals surface area contributed by atoms with Crippen LogP contribution in [0, 0.1) is 11.3 Å². The number of fused-ring (bicyclic) bond motifs is 2. The van der Waals surface area contributed by atoms with Crippen molar-refractivity contribution >= 4 is 26.7 Å². The van der Waals surface area contributed by atoms with Gasteiger partial charge in [0.2, 0.25) is 11.8 Å². The number of H-pyrrole nitrogens is 1. The third-order valence-corrected chi connectivity index (χ3v) is 5.65. The van der Waals surface area contributed by atoms with Crippen molar-refractivity contribution in [1.82, 2.24) is 10.2 Å². The van der Waals surface area contributed by atoms with Crippen molar-refractivity contribution < 1.29 is 4.74 Å². The third kappa shape index (κ3) is 2.87. The van der Waals surface area contributed by atoms with Gasteiger partial charge in [0.15, 0.2) is 0 Å². The normalized spacial score (nSPS) is 15.7. The number of aromatic nitrogens is 2. The minimum atomic E-state index is -0.374. The lowest BCUT2D eigenvalue weighted by molar-refractivity contribution is 0.379. The summed E-state index contributed by atoms with van der Waals surface area (Å²) < 4.78 is 6.61. The van der Waals surface area contributed by atoms with E-state index in [9.17, 15) is 5.26 Å². The van der Waals surface area contributed by atoms with Gasteiger partial charge in [-0.25, -0.2) is 0 Å². The molecule has 2 heterocycles. The van der Waals surface area contributed by atoms with Gasteiger partial charge < -0.3 is 10.5 Å². The van der Waals surface area contributed by atoms with E-state index >= 15 is 0 Å². The number of aromatic amines is 1. The Bertz CT molecular complexity index is 1330. The van der Waals surface area contributed by atoms with Crippen LogP contribution < -0.4 is 10.5 Å². The minimum absolute atomic E-state index is 0.0848. The Balaban J connectivity index is 1.74. The van der Waals surface area contributed by atoms with E-state index in [-0.39, 0.29) is 11.8 Å². The lowest BCUT2D eigenvalue weighted by Crippen LogP contribution is -2.21. The Labute approximate surface area is 175 Å². The third-order valence-electron chi connectivity index (χ3n) is 5.16. The standard InChI is InChI=1S/C23H15BrN4O/c24-17-7-3-6-15(11-17)19-18(12-25)22(26)29-23-20(19)21(27-28-23)16-9-8-13-4-1-2-5-14(13)10-16/h1-11,19H,26H2,(H,27,28)/t19-/m0/s1. The predicted molar refractivity (Wildman–Crippen MR) is 115 cm³/mol. The molecule has 0 aliphatic carbocycles.